The van der Waals surface area contributed by atoms with Crippen LogP contribution in [-0.4, -0.2) is 24.9 Å². The van der Waals surface area contributed by atoms with E-state index < -0.39 is 0 Å². The number of hydrogen-bond acceptors (Lipinski definition) is 6. The summed E-state index contributed by atoms with van der Waals surface area (Å²) in [6.07, 6.45) is 7.10. The fourth-order valence-corrected chi connectivity index (χ4v) is 8.85. The van der Waals surface area contributed by atoms with Gasteiger partial charge in [-0.25, -0.2) is 19.9 Å². The highest BCUT2D eigenvalue weighted by molar-refractivity contribution is 6.08. The molecule has 0 saturated heterocycles. The number of aromatic nitrogens is 5. The molecular weight excluding hydrogens is 625 g/mol. The Morgan fingerprint density at radius 2 is 1.24 bits per heavy atom. The van der Waals surface area contributed by atoms with E-state index in [4.69, 9.17) is 24.9 Å². The molecular formula is C45H38N6. The van der Waals surface area contributed by atoms with Gasteiger partial charge in [0.1, 0.15) is 0 Å². The first-order valence-electron chi connectivity index (χ1n) is 17.9. The van der Waals surface area contributed by atoms with Crippen LogP contribution in [0.3, 0.4) is 0 Å². The van der Waals surface area contributed by atoms with Crippen LogP contribution in [0.25, 0.3) is 67.2 Å². The van der Waals surface area contributed by atoms with Gasteiger partial charge in [0.2, 0.25) is 0 Å². The van der Waals surface area contributed by atoms with E-state index in [1.165, 1.54) is 31.2 Å². The van der Waals surface area contributed by atoms with E-state index in [-0.39, 0.29) is 5.41 Å². The van der Waals surface area contributed by atoms with Crippen LogP contribution in [0.5, 0.6) is 0 Å². The van der Waals surface area contributed by atoms with E-state index >= 15 is 0 Å². The first-order chi connectivity index (χ1) is 24.8. The van der Waals surface area contributed by atoms with Crippen LogP contribution in [0.15, 0.2) is 115 Å². The minimum atomic E-state index is 0.225. The maximum absolute atomic E-state index is 9.34. The molecule has 2 bridgehead atoms. The van der Waals surface area contributed by atoms with Crippen molar-refractivity contribution in [3.8, 4) is 51.5 Å². The van der Waals surface area contributed by atoms with Crippen molar-refractivity contribution < 1.29 is 0 Å². The number of nitriles is 1. The van der Waals surface area contributed by atoms with E-state index in [9.17, 15) is 5.26 Å². The Balaban J connectivity index is 1.11. The van der Waals surface area contributed by atoms with Crippen LogP contribution in [0.2, 0.25) is 0 Å². The van der Waals surface area contributed by atoms with Crippen LogP contribution in [0.1, 0.15) is 57.6 Å². The topological polar surface area (TPSA) is 88.2 Å². The summed E-state index contributed by atoms with van der Waals surface area (Å²) in [5.41, 5.74) is 8.96. The van der Waals surface area contributed by atoms with Gasteiger partial charge in [0, 0.05) is 39.2 Å². The second-order valence-electron chi connectivity index (χ2n) is 15.3. The van der Waals surface area contributed by atoms with Crippen molar-refractivity contribution in [3.05, 3.63) is 127 Å². The van der Waals surface area contributed by atoms with E-state index in [0.717, 1.165) is 61.6 Å². The Morgan fingerprint density at radius 1 is 0.608 bits per heavy atom. The van der Waals surface area contributed by atoms with Crippen molar-refractivity contribution in [3.63, 3.8) is 0 Å². The predicted molar refractivity (Wildman–Crippen MR) is 203 cm³/mol. The summed E-state index contributed by atoms with van der Waals surface area (Å²) in [5, 5.41) is 11.3. The summed E-state index contributed by atoms with van der Waals surface area (Å²) >= 11 is 0. The zero-order valence-corrected chi connectivity index (χ0v) is 29.1. The van der Waals surface area contributed by atoms with Crippen molar-refractivity contribution in [1.82, 2.24) is 24.9 Å². The molecule has 2 aliphatic carbocycles. The minimum Gasteiger partial charge on any atom is -0.254 e. The molecule has 4 aromatic carbocycles. The molecule has 7 aromatic rings. The second kappa shape index (κ2) is 11.9. The standard InChI is InChI=1S/C45H38N6/c1-44(2)34-19-20-35(44)26-45(3,25-34)33-17-13-29(14-18-33)38-22-16-30-15-21-36-37(23-24-47-40(36)39(30)48-38)43-50-41(31-7-5-4-6-8-31)49-42(51-43)32-11-9-28(27-46)10-12-32/h4-18,21-24,34-35H,19-20,25-26H2,1-3H3/t34-,35+,45?. The third-order valence-electron chi connectivity index (χ3n) is 12.0. The Morgan fingerprint density at radius 3 is 1.92 bits per heavy atom. The number of rotatable bonds is 5. The van der Waals surface area contributed by atoms with E-state index in [1.807, 2.05) is 54.7 Å². The van der Waals surface area contributed by atoms with Gasteiger partial charge in [0.05, 0.1) is 28.4 Å². The lowest BCUT2D eigenvalue weighted by molar-refractivity contribution is 0.0724. The molecule has 1 unspecified atom stereocenters. The van der Waals surface area contributed by atoms with Gasteiger partial charge in [-0.2, -0.15) is 5.26 Å². The van der Waals surface area contributed by atoms with Gasteiger partial charge in [-0.1, -0.05) is 93.6 Å². The molecule has 6 nitrogen and oxygen atoms in total. The van der Waals surface area contributed by atoms with Crippen LogP contribution in [0.4, 0.5) is 0 Å². The van der Waals surface area contributed by atoms with Gasteiger partial charge in [0.15, 0.2) is 17.5 Å². The molecule has 248 valence electrons. The maximum atomic E-state index is 9.34. The summed E-state index contributed by atoms with van der Waals surface area (Å²) in [5.74, 6) is 3.27. The van der Waals surface area contributed by atoms with E-state index in [0.29, 0.717) is 28.5 Å². The van der Waals surface area contributed by atoms with Crippen molar-refractivity contribution in [2.45, 2.75) is 51.9 Å². The number of hydrogen-bond donors (Lipinski definition) is 0. The summed E-state index contributed by atoms with van der Waals surface area (Å²) < 4.78 is 0. The zero-order valence-electron chi connectivity index (χ0n) is 29.1. The third-order valence-corrected chi connectivity index (χ3v) is 12.0. The highest BCUT2D eigenvalue weighted by atomic mass is 15.0. The summed E-state index contributed by atoms with van der Waals surface area (Å²) in [6, 6.07) is 39.0. The van der Waals surface area contributed by atoms with Crippen molar-refractivity contribution in [1.29, 1.82) is 5.26 Å². The lowest BCUT2D eigenvalue weighted by atomic mass is 9.57. The number of pyridine rings is 2. The van der Waals surface area contributed by atoms with E-state index in [1.54, 1.807) is 12.1 Å². The highest BCUT2D eigenvalue weighted by Gasteiger charge is 2.52. The van der Waals surface area contributed by atoms with Gasteiger partial charge in [-0.3, -0.25) is 4.98 Å². The lowest BCUT2D eigenvalue weighted by Crippen LogP contribution is -2.40. The Kier molecular flexibility index (Phi) is 7.29. The molecule has 3 heterocycles. The average molecular weight is 663 g/mol. The molecule has 6 heteroatoms. The second-order valence-corrected chi connectivity index (χ2v) is 15.3. The molecule has 3 aromatic heterocycles. The predicted octanol–water partition coefficient (Wildman–Crippen LogP) is 10.6. The highest BCUT2D eigenvalue weighted by Crippen LogP contribution is 2.60. The van der Waals surface area contributed by atoms with Gasteiger partial charge in [-0.15, -0.1) is 0 Å². The number of fused-ring (bicyclic) bond motifs is 5. The summed E-state index contributed by atoms with van der Waals surface area (Å²) in [7, 11) is 0. The quantitative estimate of drug-likeness (QED) is 0.170. The molecule has 51 heavy (non-hydrogen) atoms. The Labute approximate surface area is 298 Å². The molecule has 2 fully saturated rings. The minimum absolute atomic E-state index is 0.225. The van der Waals surface area contributed by atoms with Gasteiger partial charge in [-0.05, 0) is 90.3 Å². The van der Waals surface area contributed by atoms with Crippen molar-refractivity contribution in [2.75, 3.05) is 0 Å². The SMILES string of the molecule is CC1(c2ccc(-c3ccc4ccc5c(-c6nc(-c7ccccc7)nc(-c7ccc(C#N)cc7)n6)ccnc5c4n3)cc2)C[C@H]2CC[C@@H](C1)C2(C)C. The summed E-state index contributed by atoms with van der Waals surface area (Å²) in [6.45, 7) is 7.46. The molecule has 9 rings (SSSR count). The van der Waals surface area contributed by atoms with Crippen LogP contribution < -0.4 is 0 Å². The fourth-order valence-electron chi connectivity index (χ4n) is 8.85. The van der Waals surface area contributed by atoms with Gasteiger partial charge in [0.25, 0.3) is 0 Å². The number of nitrogens with zero attached hydrogens (tertiary/aromatic N) is 6. The van der Waals surface area contributed by atoms with Crippen LogP contribution in [0, 0.1) is 28.6 Å². The molecule has 0 aliphatic heterocycles. The maximum Gasteiger partial charge on any atom is 0.164 e. The fraction of sp³-hybridized carbons (Fsp3) is 0.244. The van der Waals surface area contributed by atoms with Crippen LogP contribution in [-0.2, 0) is 5.41 Å². The van der Waals surface area contributed by atoms with Gasteiger partial charge >= 0.3 is 0 Å². The van der Waals surface area contributed by atoms with Crippen LogP contribution >= 0.6 is 0 Å². The monoisotopic (exact) mass is 662 g/mol. The first-order valence-corrected chi connectivity index (χ1v) is 17.9. The molecule has 0 N–H and O–H groups in total. The van der Waals surface area contributed by atoms with Gasteiger partial charge < -0.3 is 0 Å². The molecule has 3 atom stereocenters. The molecule has 0 spiro atoms. The average Bonchev–Trinajstić information content (AvgIpc) is 3.31. The molecule has 2 aliphatic rings. The van der Waals surface area contributed by atoms with Crippen molar-refractivity contribution >= 4 is 21.8 Å². The smallest absolute Gasteiger partial charge is 0.164 e. The Hall–Kier alpha value is -5.80. The third kappa shape index (κ3) is 5.36. The normalized spacial score (nSPS) is 20.7. The largest absolute Gasteiger partial charge is 0.254 e. The van der Waals surface area contributed by atoms with E-state index in [2.05, 4.69) is 75.4 Å². The first kappa shape index (κ1) is 31.2. The zero-order chi connectivity index (χ0) is 34.7. The van der Waals surface area contributed by atoms with Crippen molar-refractivity contribution in [2.24, 2.45) is 17.3 Å². The molecule has 0 radical (unpaired) electrons. The Bertz CT molecular complexity index is 2460. The number of benzene rings is 4. The summed E-state index contributed by atoms with van der Waals surface area (Å²) in [4.78, 5) is 24.9. The molecule has 0 amide bonds. The lowest BCUT2D eigenvalue weighted by Gasteiger charge is -2.47. The molecule has 2 saturated carbocycles.